The largest absolute Gasteiger partial charge is 0.481 e. The van der Waals surface area contributed by atoms with Gasteiger partial charge in [0.05, 0.1) is 5.92 Å². The molecule has 1 aromatic rings. The molecule has 1 saturated carbocycles. The fourth-order valence-corrected chi connectivity index (χ4v) is 3.32. The zero-order valence-electron chi connectivity index (χ0n) is 12.2. The number of nitrogens with one attached hydrogen (secondary N) is 1. The van der Waals surface area contributed by atoms with Gasteiger partial charge >= 0.3 is 12.0 Å². The Morgan fingerprint density at radius 3 is 2.64 bits per heavy atom. The Hall–Kier alpha value is -2.11. The number of carboxylic acid groups (broad SMARTS) is 1. The third-order valence-electron chi connectivity index (χ3n) is 4.59. The van der Waals surface area contributed by atoms with Gasteiger partial charge in [0.25, 0.3) is 0 Å². The molecule has 2 N–H and O–H groups in total. The van der Waals surface area contributed by atoms with Crippen LogP contribution in [0.15, 0.2) is 18.2 Å². The van der Waals surface area contributed by atoms with Gasteiger partial charge in [-0.15, -0.1) is 0 Å². The predicted molar refractivity (Wildman–Crippen MR) is 79.4 cm³/mol. The fourth-order valence-electron chi connectivity index (χ4n) is 3.32. The number of carbonyl (C=O) groups is 2. The van der Waals surface area contributed by atoms with E-state index in [-0.39, 0.29) is 23.8 Å². The summed E-state index contributed by atoms with van der Waals surface area (Å²) in [4.78, 5) is 24.9. The highest BCUT2D eigenvalue weighted by molar-refractivity contribution is 5.94. The van der Waals surface area contributed by atoms with E-state index in [9.17, 15) is 14.0 Å². The minimum Gasteiger partial charge on any atom is -0.481 e. The number of halogens is 1. The molecule has 3 rings (SSSR count). The van der Waals surface area contributed by atoms with Crippen LogP contribution in [0, 0.1) is 11.7 Å². The molecule has 1 heterocycles. The van der Waals surface area contributed by atoms with Crippen LogP contribution in [0.4, 0.5) is 14.9 Å². The van der Waals surface area contributed by atoms with E-state index in [4.69, 9.17) is 5.11 Å². The number of amides is 2. The summed E-state index contributed by atoms with van der Waals surface area (Å²) in [5, 5.41) is 12.0. The molecular formula is C16H19FN2O3. The Labute approximate surface area is 128 Å². The lowest BCUT2D eigenvalue weighted by Crippen LogP contribution is -2.46. The Balaban J connectivity index is 1.59. The van der Waals surface area contributed by atoms with Gasteiger partial charge in [-0.05, 0) is 55.9 Å². The van der Waals surface area contributed by atoms with E-state index in [1.165, 1.54) is 12.1 Å². The summed E-state index contributed by atoms with van der Waals surface area (Å²) in [5.74, 6) is -1.32. The first kappa shape index (κ1) is 14.8. The lowest BCUT2D eigenvalue weighted by molar-refractivity contribution is -0.142. The molecule has 0 saturated heterocycles. The number of hydrogen-bond acceptors (Lipinski definition) is 2. The summed E-state index contributed by atoms with van der Waals surface area (Å²) in [6.07, 6.45) is 3.23. The SMILES string of the molecule is O=C(O)C1CCC(NC(=O)N2CCc3cc(F)ccc32)CC1. The third kappa shape index (κ3) is 2.91. The maximum atomic E-state index is 13.2. The summed E-state index contributed by atoms with van der Waals surface area (Å²) in [6.45, 7) is 0.551. The first-order valence-electron chi connectivity index (χ1n) is 7.64. The van der Waals surface area contributed by atoms with Gasteiger partial charge in [0.15, 0.2) is 0 Å². The number of urea groups is 1. The Bertz CT molecular complexity index is 597. The second kappa shape index (κ2) is 5.94. The second-order valence-corrected chi connectivity index (χ2v) is 6.01. The van der Waals surface area contributed by atoms with Crippen molar-refractivity contribution in [2.24, 2.45) is 5.92 Å². The molecule has 22 heavy (non-hydrogen) atoms. The van der Waals surface area contributed by atoms with E-state index >= 15 is 0 Å². The molecule has 2 aliphatic rings. The summed E-state index contributed by atoms with van der Waals surface area (Å²) >= 11 is 0. The summed E-state index contributed by atoms with van der Waals surface area (Å²) in [5.41, 5.74) is 1.61. The Morgan fingerprint density at radius 1 is 1.23 bits per heavy atom. The number of nitrogens with zero attached hydrogens (tertiary/aromatic N) is 1. The van der Waals surface area contributed by atoms with Gasteiger partial charge in [0.1, 0.15) is 5.82 Å². The van der Waals surface area contributed by atoms with Gasteiger partial charge in [-0.25, -0.2) is 9.18 Å². The van der Waals surface area contributed by atoms with Gasteiger partial charge in [-0.2, -0.15) is 0 Å². The van der Waals surface area contributed by atoms with E-state index in [0.717, 1.165) is 11.3 Å². The van der Waals surface area contributed by atoms with Crippen molar-refractivity contribution in [3.05, 3.63) is 29.6 Å². The molecule has 2 amide bonds. The number of benzene rings is 1. The smallest absolute Gasteiger partial charge is 0.322 e. The molecule has 0 unspecified atom stereocenters. The number of anilines is 1. The van der Waals surface area contributed by atoms with E-state index < -0.39 is 5.97 Å². The van der Waals surface area contributed by atoms with Crippen LogP contribution in [-0.4, -0.2) is 29.7 Å². The molecule has 1 aromatic carbocycles. The zero-order valence-corrected chi connectivity index (χ0v) is 12.2. The van der Waals surface area contributed by atoms with E-state index in [1.54, 1.807) is 11.0 Å². The molecule has 0 aromatic heterocycles. The van der Waals surface area contributed by atoms with Gasteiger partial charge in [-0.1, -0.05) is 0 Å². The number of carbonyl (C=O) groups excluding carboxylic acids is 1. The standard InChI is InChI=1S/C16H19FN2O3/c17-12-3-6-14-11(9-12)7-8-19(14)16(22)18-13-4-1-10(2-5-13)15(20)21/h3,6,9-10,13H,1-2,4-5,7-8H2,(H,18,22)(H,20,21). The molecule has 0 bridgehead atoms. The maximum Gasteiger partial charge on any atom is 0.322 e. The van der Waals surface area contributed by atoms with Crippen molar-refractivity contribution in [2.45, 2.75) is 38.1 Å². The molecule has 0 atom stereocenters. The van der Waals surface area contributed by atoms with Gasteiger partial charge in [0, 0.05) is 18.3 Å². The van der Waals surface area contributed by atoms with Crippen LogP contribution in [0.5, 0.6) is 0 Å². The number of hydrogen-bond donors (Lipinski definition) is 2. The van der Waals surface area contributed by atoms with Crippen molar-refractivity contribution in [3.63, 3.8) is 0 Å². The highest BCUT2D eigenvalue weighted by Gasteiger charge is 2.30. The number of carboxylic acids is 1. The van der Waals surface area contributed by atoms with Crippen LogP contribution >= 0.6 is 0 Å². The molecule has 5 nitrogen and oxygen atoms in total. The monoisotopic (exact) mass is 306 g/mol. The molecule has 0 radical (unpaired) electrons. The van der Waals surface area contributed by atoms with Crippen molar-refractivity contribution in [1.82, 2.24) is 5.32 Å². The Kier molecular flexibility index (Phi) is 4.00. The quantitative estimate of drug-likeness (QED) is 0.882. The molecular weight excluding hydrogens is 287 g/mol. The normalized spacial score (nSPS) is 24.0. The van der Waals surface area contributed by atoms with Crippen molar-refractivity contribution in [3.8, 4) is 0 Å². The Morgan fingerprint density at radius 2 is 1.95 bits per heavy atom. The van der Waals surface area contributed by atoms with E-state index in [0.29, 0.717) is 38.6 Å². The van der Waals surface area contributed by atoms with Gasteiger partial charge < -0.3 is 10.4 Å². The van der Waals surface area contributed by atoms with Crippen molar-refractivity contribution in [2.75, 3.05) is 11.4 Å². The average molecular weight is 306 g/mol. The van der Waals surface area contributed by atoms with Gasteiger partial charge in [0.2, 0.25) is 0 Å². The van der Waals surface area contributed by atoms with Crippen LogP contribution < -0.4 is 10.2 Å². The van der Waals surface area contributed by atoms with Crippen LogP contribution in [0.25, 0.3) is 0 Å². The van der Waals surface area contributed by atoms with Crippen molar-refractivity contribution < 1.29 is 19.1 Å². The lowest BCUT2D eigenvalue weighted by Gasteiger charge is -2.29. The van der Waals surface area contributed by atoms with Crippen molar-refractivity contribution in [1.29, 1.82) is 0 Å². The fraction of sp³-hybridized carbons (Fsp3) is 0.500. The summed E-state index contributed by atoms with van der Waals surface area (Å²) < 4.78 is 13.2. The molecule has 118 valence electrons. The highest BCUT2D eigenvalue weighted by Crippen LogP contribution is 2.29. The predicted octanol–water partition coefficient (Wildman–Crippen LogP) is 2.54. The number of rotatable bonds is 2. The van der Waals surface area contributed by atoms with Crippen LogP contribution in [0.1, 0.15) is 31.2 Å². The third-order valence-corrected chi connectivity index (χ3v) is 4.59. The van der Waals surface area contributed by atoms with Gasteiger partial charge in [-0.3, -0.25) is 9.69 Å². The molecule has 1 fully saturated rings. The number of aliphatic carboxylic acids is 1. The molecule has 0 spiro atoms. The average Bonchev–Trinajstić information content (AvgIpc) is 2.90. The second-order valence-electron chi connectivity index (χ2n) is 6.01. The zero-order chi connectivity index (χ0) is 15.7. The molecule has 1 aliphatic carbocycles. The van der Waals surface area contributed by atoms with E-state index in [1.807, 2.05) is 0 Å². The van der Waals surface area contributed by atoms with Crippen molar-refractivity contribution >= 4 is 17.7 Å². The molecule has 6 heteroatoms. The minimum atomic E-state index is -0.750. The first-order chi connectivity index (χ1) is 10.5. The highest BCUT2D eigenvalue weighted by atomic mass is 19.1. The summed E-state index contributed by atoms with van der Waals surface area (Å²) in [6, 6.07) is 4.32. The van der Waals surface area contributed by atoms with Crippen LogP contribution in [-0.2, 0) is 11.2 Å². The minimum absolute atomic E-state index is 0.0209. The first-order valence-corrected chi connectivity index (χ1v) is 7.64. The maximum absolute atomic E-state index is 13.2. The number of fused-ring (bicyclic) bond motifs is 1. The van der Waals surface area contributed by atoms with Crippen LogP contribution in [0.3, 0.4) is 0 Å². The molecule has 1 aliphatic heterocycles. The van der Waals surface area contributed by atoms with Crippen LogP contribution in [0.2, 0.25) is 0 Å². The lowest BCUT2D eigenvalue weighted by atomic mass is 9.86. The topological polar surface area (TPSA) is 69.6 Å². The van der Waals surface area contributed by atoms with E-state index in [2.05, 4.69) is 5.32 Å². The summed E-state index contributed by atoms with van der Waals surface area (Å²) in [7, 11) is 0.